The van der Waals surface area contributed by atoms with Gasteiger partial charge in [-0.3, -0.25) is 10.9 Å². The molecule has 0 aromatic carbocycles. The quantitative estimate of drug-likeness (QED) is 0.625. The Morgan fingerprint density at radius 2 is 1.50 bits per heavy atom. The van der Waals surface area contributed by atoms with Gasteiger partial charge in [-0.2, -0.15) is 0 Å². The maximum atomic E-state index is 3.41. The van der Waals surface area contributed by atoms with E-state index in [1.165, 1.54) is 6.42 Å². The van der Waals surface area contributed by atoms with Crippen LogP contribution in [0.5, 0.6) is 0 Å². The zero-order valence-corrected chi connectivity index (χ0v) is 10.6. The molecule has 0 spiro atoms. The van der Waals surface area contributed by atoms with Crippen LogP contribution >= 0.6 is 0 Å². The van der Waals surface area contributed by atoms with Crippen LogP contribution in [0, 0.1) is 16.7 Å². The number of hydrogen-bond donors (Lipinski definition) is 2. The van der Waals surface area contributed by atoms with Crippen LogP contribution < -0.4 is 10.9 Å². The summed E-state index contributed by atoms with van der Waals surface area (Å²) in [6.07, 6.45) is 1.28. The monoisotopic (exact) mass is 198 g/mol. The van der Waals surface area contributed by atoms with Gasteiger partial charge in [0.1, 0.15) is 0 Å². The molecule has 1 aliphatic heterocycles. The molecular weight excluding hydrogens is 172 g/mol. The highest BCUT2D eigenvalue weighted by Gasteiger charge is 2.35. The molecule has 0 aromatic heterocycles. The van der Waals surface area contributed by atoms with Crippen molar-refractivity contribution in [1.82, 2.24) is 10.9 Å². The van der Waals surface area contributed by atoms with E-state index >= 15 is 0 Å². The first-order valence-corrected chi connectivity index (χ1v) is 5.69. The lowest BCUT2D eigenvalue weighted by atomic mass is 9.72. The second-order valence-electron chi connectivity index (χ2n) is 6.74. The van der Waals surface area contributed by atoms with Crippen molar-refractivity contribution in [2.24, 2.45) is 16.7 Å². The number of rotatable bonds is 0. The van der Waals surface area contributed by atoms with Crippen LogP contribution in [0.2, 0.25) is 0 Å². The minimum Gasteiger partial charge on any atom is -0.257 e. The lowest BCUT2D eigenvalue weighted by molar-refractivity contribution is 0.0988. The van der Waals surface area contributed by atoms with Gasteiger partial charge in [-0.25, -0.2) is 0 Å². The van der Waals surface area contributed by atoms with Crippen LogP contribution in [0.25, 0.3) is 0 Å². The van der Waals surface area contributed by atoms with Crippen LogP contribution in [0.4, 0.5) is 0 Å². The summed E-state index contributed by atoms with van der Waals surface area (Å²) >= 11 is 0. The number of nitrogens with one attached hydrogen (secondary N) is 2. The van der Waals surface area contributed by atoms with Crippen molar-refractivity contribution in [3.05, 3.63) is 0 Å². The van der Waals surface area contributed by atoms with E-state index in [-0.39, 0.29) is 0 Å². The molecule has 0 aliphatic carbocycles. The molecule has 0 amide bonds. The zero-order valence-electron chi connectivity index (χ0n) is 10.6. The molecule has 1 fully saturated rings. The standard InChI is InChI=1S/C12H26N2/c1-11(2,3)9-7-10(12(4,5)6)14-13-8-9/h9-10,13-14H,7-8H2,1-6H3. The highest BCUT2D eigenvalue weighted by molar-refractivity contribution is 4.89. The van der Waals surface area contributed by atoms with Gasteiger partial charge in [0.15, 0.2) is 0 Å². The summed E-state index contributed by atoms with van der Waals surface area (Å²) in [4.78, 5) is 0. The van der Waals surface area contributed by atoms with E-state index in [9.17, 15) is 0 Å². The predicted molar refractivity (Wildman–Crippen MR) is 61.9 cm³/mol. The summed E-state index contributed by atoms with van der Waals surface area (Å²) in [6, 6.07) is 0.584. The zero-order chi connectivity index (χ0) is 11.0. The van der Waals surface area contributed by atoms with E-state index in [1.54, 1.807) is 0 Å². The van der Waals surface area contributed by atoms with Gasteiger partial charge in [-0.05, 0) is 23.2 Å². The molecule has 0 aromatic rings. The fraction of sp³-hybridized carbons (Fsp3) is 1.00. The fourth-order valence-corrected chi connectivity index (χ4v) is 1.96. The summed E-state index contributed by atoms with van der Waals surface area (Å²) in [5, 5.41) is 0. The fourth-order valence-electron chi connectivity index (χ4n) is 1.96. The van der Waals surface area contributed by atoms with Crippen molar-refractivity contribution < 1.29 is 0 Å². The molecule has 84 valence electrons. The Hall–Kier alpha value is -0.0800. The van der Waals surface area contributed by atoms with Gasteiger partial charge >= 0.3 is 0 Å². The third-order valence-electron chi connectivity index (χ3n) is 3.42. The molecule has 1 rings (SSSR count). The van der Waals surface area contributed by atoms with Crippen LogP contribution in [0.1, 0.15) is 48.0 Å². The molecule has 2 N–H and O–H groups in total. The SMILES string of the molecule is CC(C)(C)C1CNNC(C(C)(C)C)C1. The van der Waals surface area contributed by atoms with Gasteiger partial charge in [0.05, 0.1) is 0 Å². The molecule has 2 atom stereocenters. The Labute approximate surface area is 88.8 Å². The van der Waals surface area contributed by atoms with Crippen LogP contribution in [0.15, 0.2) is 0 Å². The van der Waals surface area contributed by atoms with E-state index in [4.69, 9.17) is 0 Å². The topological polar surface area (TPSA) is 24.1 Å². The second kappa shape index (κ2) is 3.82. The van der Waals surface area contributed by atoms with Crippen LogP contribution in [-0.4, -0.2) is 12.6 Å². The second-order valence-corrected chi connectivity index (χ2v) is 6.74. The molecule has 0 saturated carbocycles. The van der Waals surface area contributed by atoms with Gasteiger partial charge in [0, 0.05) is 12.6 Å². The number of hydrazine groups is 1. The van der Waals surface area contributed by atoms with E-state index in [2.05, 4.69) is 52.4 Å². The van der Waals surface area contributed by atoms with Crippen molar-refractivity contribution in [1.29, 1.82) is 0 Å². The largest absolute Gasteiger partial charge is 0.257 e. The average Bonchev–Trinajstić information content (AvgIpc) is 2.01. The first kappa shape index (κ1) is 12.0. The minimum atomic E-state index is 0.344. The smallest absolute Gasteiger partial charge is 0.0264 e. The minimum absolute atomic E-state index is 0.344. The molecule has 1 saturated heterocycles. The van der Waals surface area contributed by atoms with Crippen LogP contribution in [0.3, 0.4) is 0 Å². The van der Waals surface area contributed by atoms with Crippen molar-refractivity contribution in [2.45, 2.75) is 54.0 Å². The van der Waals surface area contributed by atoms with Gasteiger partial charge < -0.3 is 0 Å². The summed E-state index contributed by atoms with van der Waals surface area (Å²) in [7, 11) is 0. The summed E-state index contributed by atoms with van der Waals surface area (Å²) < 4.78 is 0. The van der Waals surface area contributed by atoms with Gasteiger partial charge in [-0.15, -0.1) is 0 Å². The predicted octanol–water partition coefficient (Wildman–Crippen LogP) is 2.56. The average molecular weight is 198 g/mol. The van der Waals surface area contributed by atoms with Gasteiger partial charge in [-0.1, -0.05) is 41.5 Å². The molecule has 0 radical (unpaired) electrons. The Morgan fingerprint density at radius 3 is 1.93 bits per heavy atom. The first-order chi connectivity index (χ1) is 6.21. The molecule has 2 heteroatoms. The van der Waals surface area contributed by atoms with E-state index in [0.717, 1.165) is 12.5 Å². The molecule has 2 unspecified atom stereocenters. The summed E-state index contributed by atoms with van der Waals surface area (Å²) in [6.45, 7) is 15.0. The lowest BCUT2D eigenvalue weighted by Gasteiger charge is -2.43. The van der Waals surface area contributed by atoms with Crippen molar-refractivity contribution in [3.8, 4) is 0 Å². The van der Waals surface area contributed by atoms with Crippen molar-refractivity contribution in [3.63, 3.8) is 0 Å². The van der Waals surface area contributed by atoms with E-state index < -0.39 is 0 Å². The maximum absolute atomic E-state index is 3.41. The highest BCUT2D eigenvalue weighted by Crippen LogP contribution is 2.34. The number of hydrogen-bond acceptors (Lipinski definition) is 2. The summed E-state index contributed by atoms with van der Waals surface area (Å²) in [5.74, 6) is 0.771. The van der Waals surface area contributed by atoms with Gasteiger partial charge in [0.25, 0.3) is 0 Å². The third-order valence-corrected chi connectivity index (χ3v) is 3.42. The lowest BCUT2D eigenvalue weighted by Crippen LogP contribution is -2.56. The maximum Gasteiger partial charge on any atom is 0.0264 e. The first-order valence-electron chi connectivity index (χ1n) is 5.69. The molecule has 14 heavy (non-hydrogen) atoms. The molecule has 1 heterocycles. The molecule has 1 aliphatic rings. The summed E-state index contributed by atoms with van der Waals surface area (Å²) in [5.41, 5.74) is 7.52. The van der Waals surface area contributed by atoms with Crippen molar-refractivity contribution >= 4 is 0 Å². The Morgan fingerprint density at radius 1 is 0.929 bits per heavy atom. The van der Waals surface area contributed by atoms with Crippen LogP contribution in [-0.2, 0) is 0 Å². The Bertz CT molecular complexity index is 165. The Balaban J connectivity index is 2.61. The molecule has 2 nitrogen and oxygen atoms in total. The van der Waals surface area contributed by atoms with E-state index in [1.807, 2.05) is 0 Å². The van der Waals surface area contributed by atoms with Gasteiger partial charge in [0.2, 0.25) is 0 Å². The molecular formula is C12H26N2. The highest BCUT2D eigenvalue weighted by atomic mass is 15.4. The third kappa shape index (κ3) is 2.96. The Kier molecular flexibility index (Phi) is 3.27. The molecule has 0 bridgehead atoms. The van der Waals surface area contributed by atoms with E-state index in [0.29, 0.717) is 16.9 Å². The van der Waals surface area contributed by atoms with Crippen molar-refractivity contribution in [2.75, 3.05) is 6.54 Å². The normalized spacial score (nSPS) is 30.4.